The lowest BCUT2D eigenvalue weighted by molar-refractivity contribution is 0.0716. The van der Waals surface area contributed by atoms with Crippen LogP contribution in [0.2, 0.25) is 5.02 Å². The summed E-state index contributed by atoms with van der Waals surface area (Å²) in [6.07, 6.45) is 0. The smallest absolute Gasteiger partial charge is 0.290 e. The number of piperazine rings is 1. The average Bonchev–Trinajstić information content (AvgIpc) is 3.04. The second kappa shape index (κ2) is 7.56. The van der Waals surface area contributed by atoms with Crippen LogP contribution in [0.5, 0.6) is 0 Å². The van der Waals surface area contributed by atoms with Gasteiger partial charge in [0.2, 0.25) is 0 Å². The summed E-state index contributed by atoms with van der Waals surface area (Å²) in [6, 6.07) is 11.5. The highest BCUT2D eigenvalue weighted by Gasteiger charge is 2.27. The van der Waals surface area contributed by atoms with E-state index in [1.54, 1.807) is 6.92 Å². The second-order valence-corrected chi connectivity index (χ2v) is 7.97. The van der Waals surface area contributed by atoms with E-state index in [4.69, 9.17) is 16.0 Å². The molecule has 0 atom stereocenters. The highest BCUT2D eigenvalue weighted by atomic mass is 35.5. The lowest BCUT2D eigenvalue weighted by Gasteiger charge is -2.35. The van der Waals surface area contributed by atoms with Gasteiger partial charge in [0, 0.05) is 48.4 Å². The number of anilines is 1. The Morgan fingerprint density at radius 1 is 1.00 bits per heavy atom. The van der Waals surface area contributed by atoms with E-state index in [9.17, 15) is 9.59 Å². The van der Waals surface area contributed by atoms with Crippen molar-refractivity contribution in [3.8, 4) is 0 Å². The molecular weight excluding hydrogens is 388 g/mol. The maximum absolute atomic E-state index is 13.1. The molecule has 1 aromatic heterocycles. The van der Waals surface area contributed by atoms with Gasteiger partial charge in [0.15, 0.2) is 17.1 Å². The number of Topliss-reactive ketones (excluding diaryl/α,β-unsaturated/α-hetero) is 1. The molecule has 2 heterocycles. The number of benzene rings is 2. The second-order valence-electron chi connectivity index (χ2n) is 7.56. The molecule has 1 saturated heterocycles. The number of carbonyl (C=O) groups excluding carboxylic acids is 2. The van der Waals surface area contributed by atoms with Gasteiger partial charge in [-0.05, 0) is 62.7 Å². The Morgan fingerprint density at radius 3 is 2.28 bits per heavy atom. The predicted octanol–water partition coefficient (Wildman–Crippen LogP) is 4.87. The molecule has 0 unspecified atom stereocenters. The zero-order valence-corrected chi connectivity index (χ0v) is 17.5. The van der Waals surface area contributed by atoms with Gasteiger partial charge in [0.25, 0.3) is 5.91 Å². The van der Waals surface area contributed by atoms with Crippen LogP contribution >= 0.6 is 11.6 Å². The summed E-state index contributed by atoms with van der Waals surface area (Å²) in [5.41, 5.74) is 4.20. The van der Waals surface area contributed by atoms with E-state index in [0.29, 0.717) is 35.0 Å². The van der Waals surface area contributed by atoms with Crippen LogP contribution in [-0.4, -0.2) is 42.8 Å². The van der Waals surface area contributed by atoms with Gasteiger partial charge < -0.3 is 14.2 Å². The van der Waals surface area contributed by atoms with Crippen molar-refractivity contribution in [1.29, 1.82) is 0 Å². The third-order valence-corrected chi connectivity index (χ3v) is 5.82. The number of aryl methyl sites for hydroxylation is 2. The van der Waals surface area contributed by atoms with Gasteiger partial charge in [0.05, 0.1) is 5.02 Å². The summed E-state index contributed by atoms with van der Waals surface area (Å²) >= 11 is 6.31. The van der Waals surface area contributed by atoms with Crippen molar-refractivity contribution in [3.05, 3.63) is 63.9 Å². The van der Waals surface area contributed by atoms with Crippen LogP contribution in [0.15, 0.2) is 40.8 Å². The molecule has 3 aromatic rings. The molecule has 1 amide bonds. The van der Waals surface area contributed by atoms with Crippen molar-refractivity contribution in [2.45, 2.75) is 20.8 Å². The number of ketones is 1. The van der Waals surface area contributed by atoms with Crippen molar-refractivity contribution < 1.29 is 14.0 Å². The van der Waals surface area contributed by atoms with Gasteiger partial charge in [-0.3, -0.25) is 9.59 Å². The third kappa shape index (κ3) is 3.62. The highest BCUT2D eigenvalue weighted by molar-refractivity contribution is 6.35. The van der Waals surface area contributed by atoms with Crippen molar-refractivity contribution in [2.75, 3.05) is 31.1 Å². The largest absolute Gasteiger partial charge is 0.449 e. The SMILES string of the molecule is CC(=O)c1ccc(N2CCN(C(=O)c3oc4c(Cl)cc(C)cc4c3C)CC2)cc1. The van der Waals surface area contributed by atoms with E-state index in [1.165, 1.54) is 0 Å². The fourth-order valence-electron chi connectivity index (χ4n) is 3.83. The van der Waals surface area contributed by atoms with Crippen molar-refractivity contribution in [1.82, 2.24) is 4.90 Å². The van der Waals surface area contributed by atoms with Crippen molar-refractivity contribution in [3.63, 3.8) is 0 Å². The normalized spacial score (nSPS) is 14.5. The lowest BCUT2D eigenvalue weighted by Crippen LogP contribution is -2.48. The molecule has 5 nitrogen and oxygen atoms in total. The van der Waals surface area contributed by atoms with Gasteiger partial charge in [0.1, 0.15) is 0 Å². The predicted molar refractivity (Wildman–Crippen MR) is 115 cm³/mol. The first kappa shape index (κ1) is 19.5. The molecule has 150 valence electrons. The number of hydrogen-bond donors (Lipinski definition) is 0. The first-order valence-electron chi connectivity index (χ1n) is 9.69. The molecule has 29 heavy (non-hydrogen) atoms. The van der Waals surface area contributed by atoms with Gasteiger partial charge in [-0.15, -0.1) is 0 Å². The van der Waals surface area contributed by atoms with E-state index in [2.05, 4.69) is 4.90 Å². The summed E-state index contributed by atoms with van der Waals surface area (Å²) in [4.78, 5) is 28.6. The van der Waals surface area contributed by atoms with Crippen molar-refractivity contribution >= 4 is 39.9 Å². The topological polar surface area (TPSA) is 53.8 Å². The van der Waals surface area contributed by atoms with Crippen LogP contribution in [0.4, 0.5) is 5.69 Å². The molecule has 0 N–H and O–H groups in total. The number of amides is 1. The molecule has 0 saturated carbocycles. The zero-order valence-electron chi connectivity index (χ0n) is 16.8. The molecule has 0 spiro atoms. The lowest BCUT2D eigenvalue weighted by atomic mass is 10.1. The van der Waals surface area contributed by atoms with Crippen LogP contribution < -0.4 is 4.90 Å². The van der Waals surface area contributed by atoms with Crippen LogP contribution in [-0.2, 0) is 0 Å². The first-order chi connectivity index (χ1) is 13.8. The molecule has 1 fully saturated rings. The molecule has 6 heteroatoms. The van der Waals surface area contributed by atoms with Gasteiger partial charge in [-0.1, -0.05) is 11.6 Å². The number of nitrogens with zero attached hydrogens (tertiary/aromatic N) is 2. The summed E-state index contributed by atoms with van der Waals surface area (Å²) < 4.78 is 5.88. The summed E-state index contributed by atoms with van der Waals surface area (Å²) in [5.74, 6) is 0.328. The van der Waals surface area contributed by atoms with Gasteiger partial charge >= 0.3 is 0 Å². The quantitative estimate of drug-likeness (QED) is 0.578. The maximum atomic E-state index is 13.1. The maximum Gasteiger partial charge on any atom is 0.290 e. The van der Waals surface area contributed by atoms with Gasteiger partial charge in [-0.25, -0.2) is 0 Å². The van der Waals surface area contributed by atoms with E-state index in [1.807, 2.05) is 55.1 Å². The Bertz CT molecular complexity index is 1090. The summed E-state index contributed by atoms with van der Waals surface area (Å²) in [7, 11) is 0. The summed E-state index contributed by atoms with van der Waals surface area (Å²) in [5, 5.41) is 1.42. The van der Waals surface area contributed by atoms with E-state index >= 15 is 0 Å². The van der Waals surface area contributed by atoms with Crippen LogP contribution in [0.1, 0.15) is 39.0 Å². The van der Waals surface area contributed by atoms with Crippen molar-refractivity contribution in [2.24, 2.45) is 0 Å². The standard InChI is InChI=1S/C23H23ClN2O3/c1-14-12-19-15(2)21(29-22(19)20(24)13-14)23(28)26-10-8-25(9-11-26)18-6-4-17(5-7-18)16(3)27/h4-7,12-13H,8-11H2,1-3H3. The Balaban J connectivity index is 1.49. The number of furan rings is 1. The average molecular weight is 411 g/mol. The Hall–Kier alpha value is -2.79. The number of rotatable bonds is 3. The fraction of sp³-hybridized carbons (Fsp3) is 0.304. The summed E-state index contributed by atoms with van der Waals surface area (Å²) in [6.45, 7) is 8.11. The molecule has 0 aliphatic carbocycles. The molecule has 2 aromatic carbocycles. The molecule has 0 radical (unpaired) electrons. The fourth-order valence-corrected chi connectivity index (χ4v) is 4.15. The molecule has 4 rings (SSSR count). The minimum atomic E-state index is -0.0982. The highest BCUT2D eigenvalue weighted by Crippen LogP contribution is 2.33. The third-order valence-electron chi connectivity index (χ3n) is 5.54. The Morgan fingerprint density at radius 2 is 1.66 bits per heavy atom. The number of hydrogen-bond acceptors (Lipinski definition) is 4. The van der Waals surface area contributed by atoms with Gasteiger partial charge in [-0.2, -0.15) is 0 Å². The minimum Gasteiger partial charge on any atom is -0.449 e. The Kier molecular flexibility index (Phi) is 5.09. The van der Waals surface area contributed by atoms with Crippen LogP contribution in [0.3, 0.4) is 0 Å². The molecule has 0 bridgehead atoms. The molecular formula is C23H23ClN2O3. The van der Waals surface area contributed by atoms with E-state index in [0.717, 1.165) is 35.3 Å². The van der Waals surface area contributed by atoms with Crippen LogP contribution in [0.25, 0.3) is 11.0 Å². The minimum absolute atomic E-state index is 0.0588. The molecule has 1 aliphatic heterocycles. The van der Waals surface area contributed by atoms with E-state index in [-0.39, 0.29) is 11.7 Å². The number of carbonyl (C=O) groups is 2. The Labute approximate surface area is 174 Å². The monoisotopic (exact) mass is 410 g/mol. The van der Waals surface area contributed by atoms with E-state index < -0.39 is 0 Å². The first-order valence-corrected chi connectivity index (χ1v) is 10.1. The number of fused-ring (bicyclic) bond motifs is 1. The zero-order chi connectivity index (χ0) is 20.7. The molecule has 1 aliphatic rings. The van der Waals surface area contributed by atoms with Crippen LogP contribution in [0, 0.1) is 13.8 Å². The number of halogens is 1.